The summed E-state index contributed by atoms with van der Waals surface area (Å²) in [4.78, 5) is 46.8. The van der Waals surface area contributed by atoms with Gasteiger partial charge in [0, 0.05) is 25.7 Å². The van der Waals surface area contributed by atoms with Gasteiger partial charge in [-0.3, -0.25) is 9.59 Å². The molecule has 1 saturated carbocycles. The molecular formula is C22H32N4O4S. The SMILES string of the molecule is CCOC(=O)CCNC(=O)N1CCC(N2C(=O)C3(CCCC3)C2c2scnc2C)CC1. The summed E-state index contributed by atoms with van der Waals surface area (Å²) in [6.45, 7) is 5.65. The fourth-order valence-electron chi connectivity index (χ4n) is 5.48. The van der Waals surface area contributed by atoms with E-state index in [-0.39, 0.29) is 42.5 Å². The number of rotatable bonds is 6. The van der Waals surface area contributed by atoms with Crippen LogP contribution in [-0.2, 0) is 14.3 Å². The van der Waals surface area contributed by atoms with Gasteiger partial charge in [-0.1, -0.05) is 12.8 Å². The molecule has 0 aromatic carbocycles. The third kappa shape index (κ3) is 4.04. The maximum Gasteiger partial charge on any atom is 0.317 e. The molecule has 170 valence electrons. The first kappa shape index (κ1) is 22.0. The van der Waals surface area contributed by atoms with Gasteiger partial charge in [-0.15, -0.1) is 11.3 Å². The number of β-lactam (4-membered cyclic amide) rings is 1. The molecule has 4 rings (SSSR count). The Balaban J connectivity index is 1.35. The Kier molecular flexibility index (Phi) is 6.50. The van der Waals surface area contributed by atoms with E-state index in [0.717, 1.165) is 44.2 Å². The van der Waals surface area contributed by atoms with Crippen molar-refractivity contribution in [1.82, 2.24) is 20.1 Å². The van der Waals surface area contributed by atoms with Crippen LogP contribution in [0.15, 0.2) is 5.51 Å². The number of hydrogen-bond donors (Lipinski definition) is 1. The first-order valence-corrected chi connectivity index (χ1v) is 12.3. The number of ether oxygens (including phenoxy) is 1. The van der Waals surface area contributed by atoms with Crippen molar-refractivity contribution in [3.05, 3.63) is 16.1 Å². The van der Waals surface area contributed by atoms with Crippen molar-refractivity contribution in [3.63, 3.8) is 0 Å². The topological polar surface area (TPSA) is 91.8 Å². The number of amides is 3. The van der Waals surface area contributed by atoms with Crippen molar-refractivity contribution in [1.29, 1.82) is 0 Å². The molecule has 3 amide bonds. The van der Waals surface area contributed by atoms with Crippen LogP contribution in [0.3, 0.4) is 0 Å². The number of nitrogens with zero attached hydrogens (tertiary/aromatic N) is 3. The Morgan fingerprint density at radius 3 is 2.61 bits per heavy atom. The first-order chi connectivity index (χ1) is 15.0. The highest BCUT2D eigenvalue weighted by Gasteiger charge is 2.64. The number of hydrogen-bond acceptors (Lipinski definition) is 6. The van der Waals surface area contributed by atoms with Gasteiger partial charge in [0.1, 0.15) is 0 Å². The minimum absolute atomic E-state index is 0.143. The molecule has 1 spiro atoms. The Morgan fingerprint density at radius 2 is 2.00 bits per heavy atom. The van der Waals surface area contributed by atoms with Gasteiger partial charge in [-0.2, -0.15) is 0 Å². The average Bonchev–Trinajstić information content (AvgIpc) is 3.43. The molecule has 31 heavy (non-hydrogen) atoms. The molecule has 1 aliphatic carbocycles. The summed E-state index contributed by atoms with van der Waals surface area (Å²) in [5, 5.41) is 2.80. The summed E-state index contributed by atoms with van der Waals surface area (Å²) < 4.78 is 4.88. The Morgan fingerprint density at radius 1 is 1.29 bits per heavy atom. The van der Waals surface area contributed by atoms with E-state index in [1.807, 2.05) is 12.4 Å². The van der Waals surface area contributed by atoms with E-state index in [2.05, 4.69) is 15.2 Å². The van der Waals surface area contributed by atoms with E-state index in [1.165, 1.54) is 4.88 Å². The van der Waals surface area contributed by atoms with Crippen LogP contribution in [0, 0.1) is 12.3 Å². The van der Waals surface area contributed by atoms with Crippen LogP contribution in [-0.4, -0.2) is 65.0 Å². The largest absolute Gasteiger partial charge is 0.466 e. The third-order valence-electron chi connectivity index (χ3n) is 7.04. The van der Waals surface area contributed by atoms with Crippen LogP contribution >= 0.6 is 11.3 Å². The molecule has 3 fully saturated rings. The normalized spacial score (nSPS) is 23.2. The molecule has 8 nitrogen and oxygen atoms in total. The predicted octanol–water partition coefficient (Wildman–Crippen LogP) is 3.02. The molecule has 9 heteroatoms. The van der Waals surface area contributed by atoms with Crippen LogP contribution in [0.2, 0.25) is 0 Å². The number of aromatic nitrogens is 1. The minimum atomic E-state index is -0.303. The summed E-state index contributed by atoms with van der Waals surface area (Å²) >= 11 is 1.67. The Hall–Kier alpha value is -2.16. The zero-order valence-electron chi connectivity index (χ0n) is 18.4. The molecule has 1 aromatic heterocycles. The second-order valence-corrected chi connectivity index (χ2v) is 9.67. The Bertz CT molecular complexity index is 827. The summed E-state index contributed by atoms with van der Waals surface area (Å²) in [6.07, 6.45) is 5.94. The van der Waals surface area contributed by atoms with E-state index < -0.39 is 0 Å². The predicted molar refractivity (Wildman–Crippen MR) is 117 cm³/mol. The Labute approximate surface area is 187 Å². The van der Waals surface area contributed by atoms with Gasteiger partial charge in [-0.25, -0.2) is 9.78 Å². The lowest BCUT2D eigenvalue weighted by atomic mass is 9.67. The van der Waals surface area contributed by atoms with Crippen molar-refractivity contribution in [2.45, 2.75) is 70.9 Å². The fourth-order valence-corrected chi connectivity index (χ4v) is 6.49. The van der Waals surface area contributed by atoms with Crippen molar-refractivity contribution < 1.29 is 19.1 Å². The number of aryl methyl sites for hydroxylation is 1. The van der Waals surface area contributed by atoms with E-state index in [9.17, 15) is 14.4 Å². The van der Waals surface area contributed by atoms with Crippen LogP contribution in [0.25, 0.3) is 0 Å². The van der Waals surface area contributed by atoms with Gasteiger partial charge in [0.15, 0.2) is 0 Å². The highest BCUT2D eigenvalue weighted by molar-refractivity contribution is 7.09. The summed E-state index contributed by atoms with van der Waals surface area (Å²) in [7, 11) is 0. The molecule has 1 aromatic rings. The van der Waals surface area contributed by atoms with Crippen molar-refractivity contribution in [2.75, 3.05) is 26.2 Å². The zero-order valence-corrected chi connectivity index (χ0v) is 19.2. The van der Waals surface area contributed by atoms with Crippen molar-refractivity contribution in [2.24, 2.45) is 5.41 Å². The number of carbonyl (C=O) groups excluding carboxylic acids is 3. The second-order valence-electron chi connectivity index (χ2n) is 8.79. The quantitative estimate of drug-likeness (QED) is 0.534. The number of piperidine rings is 1. The minimum Gasteiger partial charge on any atom is -0.466 e. The number of urea groups is 1. The standard InChI is InChI=1S/C22H32N4O4S/c1-3-30-17(27)6-11-23-21(29)25-12-7-16(8-13-25)26-19(18-15(2)24-14-31-18)22(20(26)28)9-4-5-10-22/h14,16,19H,3-13H2,1-2H3,(H,23,29). The van der Waals surface area contributed by atoms with Crippen LogP contribution in [0.1, 0.15) is 68.5 Å². The third-order valence-corrected chi connectivity index (χ3v) is 8.03. The number of nitrogens with one attached hydrogen (secondary N) is 1. The second kappa shape index (κ2) is 9.14. The molecule has 1 atom stereocenters. The van der Waals surface area contributed by atoms with E-state index in [0.29, 0.717) is 25.6 Å². The summed E-state index contributed by atoms with van der Waals surface area (Å²) in [5.41, 5.74) is 2.70. The number of thiazole rings is 1. The molecule has 1 N–H and O–H groups in total. The van der Waals surface area contributed by atoms with E-state index in [1.54, 1.807) is 23.2 Å². The smallest absolute Gasteiger partial charge is 0.317 e. The zero-order chi connectivity index (χ0) is 22.0. The summed E-state index contributed by atoms with van der Waals surface area (Å²) in [5.74, 6) is 0.00295. The average molecular weight is 449 g/mol. The van der Waals surface area contributed by atoms with Crippen LogP contribution in [0.4, 0.5) is 4.79 Å². The lowest BCUT2D eigenvalue weighted by Gasteiger charge is -2.58. The number of esters is 1. The van der Waals surface area contributed by atoms with Gasteiger partial charge in [-0.05, 0) is 39.5 Å². The van der Waals surface area contributed by atoms with Crippen molar-refractivity contribution in [3.8, 4) is 0 Å². The van der Waals surface area contributed by atoms with Gasteiger partial charge >= 0.3 is 12.0 Å². The van der Waals surface area contributed by atoms with Crippen LogP contribution in [0.5, 0.6) is 0 Å². The first-order valence-electron chi connectivity index (χ1n) is 11.4. The lowest BCUT2D eigenvalue weighted by Crippen LogP contribution is -2.66. The maximum atomic E-state index is 13.3. The van der Waals surface area contributed by atoms with E-state index in [4.69, 9.17) is 4.74 Å². The summed E-state index contributed by atoms with van der Waals surface area (Å²) in [6, 6.07) is 0.151. The van der Waals surface area contributed by atoms with E-state index >= 15 is 0 Å². The van der Waals surface area contributed by atoms with Gasteiger partial charge in [0.2, 0.25) is 5.91 Å². The van der Waals surface area contributed by atoms with Gasteiger partial charge in [0.25, 0.3) is 0 Å². The fraction of sp³-hybridized carbons (Fsp3) is 0.727. The van der Waals surface area contributed by atoms with Gasteiger partial charge in [0.05, 0.1) is 40.6 Å². The van der Waals surface area contributed by atoms with Gasteiger partial charge < -0.3 is 19.9 Å². The number of likely N-dealkylation sites (tertiary alicyclic amines) is 2. The molecule has 0 bridgehead atoms. The van der Waals surface area contributed by atoms with Crippen molar-refractivity contribution >= 4 is 29.2 Å². The molecule has 3 heterocycles. The molecule has 3 aliphatic rings. The maximum absolute atomic E-state index is 13.3. The molecular weight excluding hydrogens is 416 g/mol. The monoisotopic (exact) mass is 448 g/mol. The highest BCUT2D eigenvalue weighted by Crippen LogP contribution is 2.61. The molecule has 2 aliphatic heterocycles. The molecule has 2 saturated heterocycles. The number of carbonyl (C=O) groups is 3. The molecule has 0 radical (unpaired) electrons. The molecule has 1 unspecified atom stereocenters. The highest BCUT2D eigenvalue weighted by atomic mass is 32.1. The lowest BCUT2D eigenvalue weighted by molar-refractivity contribution is -0.180. The van der Waals surface area contributed by atoms with Crippen LogP contribution < -0.4 is 5.32 Å².